The van der Waals surface area contributed by atoms with E-state index in [4.69, 9.17) is 0 Å². The van der Waals surface area contributed by atoms with Gasteiger partial charge in [0.1, 0.15) is 0 Å². The number of rotatable bonds is 5. The summed E-state index contributed by atoms with van der Waals surface area (Å²) in [5, 5.41) is 9.23. The highest BCUT2D eigenvalue weighted by molar-refractivity contribution is 7.92. The highest BCUT2D eigenvalue weighted by atomic mass is 32.2. The van der Waals surface area contributed by atoms with Crippen molar-refractivity contribution in [3.63, 3.8) is 0 Å². The summed E-state index contributed by atoms with van der Waals surface area (Å²) in [4.78, 5) is 4.04. The second-order valence-electron chi connectivity index (χ2n) is 4.00. The molecule has 2 heterocycles. The zero-order valence-corrected chi connectivity index (χ0v) is 11.5. The summed E-state index contributed by atoms with van der Waals surface area (Å²) >= 11 is 0. The van der Waals surface area contributed by atoms with Crippen LogP contribution in [0.25, 0.3) is 0 Å². The number of aromatic amines is 1. The van der Waals surface area contributed by atoms with Gasteiger partial charge in [0, 0.05) is 18.3 Å². The van der Waals surface area contributed by atoms with Crippen LogP contribution in [-0.4, -0.2) is 30.6 Å². The largest absolute Gasteiger partial charge is 0.316 e. The molecule has 0 aliphatic rings. The van der Waals surface area contributed by atoms with Gasteiger partial charge < -0.3 is 5.32 Å². The van der Waals surface area contributed by atoms with E-state index in [1.54, 1.807) is 32.3 Å². The first-order chi connectivity index (χ1) is 9.04. The third-order valence-corrected chi connectivity index (χ3v) is 3.94. The predicted molar refractivity (Wildman–Crippen MR) is 71.1 cm³/mol. The van der Waals surface area contributed by atoms with Crippen molar-refractivity contribution < 1.29 is 8.42 Å². The van der Waals surface area contributed by atoms with Crippen LogP contribution in [0.4, 0.5) is 5.69 Å². The van der Waals surface area contributed by atoms with Gasteiger partial charge in [-0.25, -0.2) is 0 Å². The average molecular weight is 281 g/mol. The topological polar surface area (TPSA) is 99.8 Å². The zero-order valence-electron chi connectivity index (χ0n) is 10.6. The lowest BCUT2D eigenvalue weighted by Crippen LogP contribution is -2.17. The molecular formula is C11H15N5O2S. The van der Waals surface area contributed by atoms with Crippen LogP contribution in [0.1, 0.15) is 11.3 Å². The predicted octanol–water partition coefficient (Wildman–Crippen LogP) is 0.633. The normalized spacial score (nSPS) is 11.5. The number of H-pyrrole nitrogens is 1. The van der Waals surface area contributed by atoms with E-state index in [2.05, 4.69) is 25.2 Å². The van der Waals surface area contributed by atoms with Gasteiger partial charge in [-0.1, -0.05) is 0 Å². The summed E-state index contributed by atoms with van der Waals surface area (Å²) in [6.07, 6.45) is 3.09. The molecule has 0 atom stereocenters. The summed E-state index contributed by atoms with van der Waals surface area (Å²) in [5.41, 5.74) is 1.64. The standard InChI is InChI=1S/C11H15N5O2S/c1-8-10(4-3-5-13-8)16-19(17,18)11-9(6-12-2)7-14-15-11/h3-5,7,12,16H,6H2,1-2H3,(H,14,15). The minimum absolute atomic E-state index is 0.0603. The quantitative estimate of drug-likeness (QED) is 0.746. The molecule has 0 fully saturated rings. The van der Waals surface area contributed by atoms with Gasteiger partial charge in [0.25, 0.3) is 10.0 Å². The van der Waals surface area contributed by atoms with Crippen LogP contribution in [0.5, 0.6) is 0 Å². The van der Waals surface area contributed by atoms with Crippen LogP contribution in [0.2, 0.25) is 0 Å². The number of aromatic nitrogens is 3. The van der Waals surface area contributed by atoms with E-state index in [0.29, 0.717) is 23.5 Å². The molecule has 0 saturated carbocycles. The van der Waals surface area contributed by atoms with Crippen molar-refractivity contribution >= 4 is 15.7 Å². The second kappa shape index (κ2) is 5.37. The number of hydrogen-bond donors (Lipinski definition) is 3. The van der Waals surface area contributed by atoms with E-state index in [0.717, 1.165) is 0 Å². The summed E-state index contributed by atoms with van der Waals surface area (Å²) in [6.45, 7) is 2.15. The SMILES string of the molecule is CNCc1cn[nH]c1S(=O)(=O)Nc1cccnc1C. The fourth-order valence-corrected chi connectivity index (χ4v) is 2.89. The van der Waals surface area contributed by atoms with E-state index < -0.39 is 10.0 Å². The molecule has 0 unspecified atom stereocenters. The molecule has 0 saturated heterocycles. The van der Waals surface area contributed by atoms with Crippen LogP contribution in [0.15, 0.2) is 29.6 Å². The molecule has 0 aromatic carbocycles. The maximum Gasteiger partial charge on any atom is 0.279 e. The van der Waals surface area contributed by atoms with Crippen molar-refractivity contribution in [2.75, 3.05) is 11.8 Å². The Balaban J connectivity index is 2.33. The van der Waals surface area contributed by atoms with E-state index in [1.807, 2.05) is 0 Å². The first kappa shape index (κ1) is 13.5. The molecule has 19 heavy (non-hydrogen) atoms. The highest BCUT2D eigenvalue weighted by Gasteiger charge is 2.21. The Morgan fingerprint density at radius 3 is 2.89 bits per heavy atom. The molecule has 2 aromatic rings. The maximum absolute atomic E-state index is 12.3. The van der Waals surface area contributed by atoms with Crippen LogP contribution in [0, 0.1) is 6.92 Å². The van der Waals surface area contributed by atoms with Crippen LogP contribution in [0.3, 0.4) is 0 Å². The first-order valence-corrected chi connectivity index (χ1v) is 7.14. The lowest BCUT2D eigenvalue weighted by molar-refractivity contribution is 0.595. The Morgan fingerprint density at radius 2 is 2.21 bits per heavy atom. The summed E-state index contributed by atoms with van der Waals surface area (Å²) in [7, 11) is -1.96. The summed E-state index contributed by atoms with van der Waals surface area (Å²) < 4.78 is 27.0. The second-order valence-corrected chi connectivity index (χ2v) is 5.62. The van der Waals surface area contributed by atoms with Gasteiger partial charge in [0.15, 0.2) is 5.03 Å². The zero-order chi connectivity index (χ0) is 13.9. The molecule has 0 aliphatic heterocycles. The van der Waals surface area contributed by atoms with Crippen LogP contribution >= 0.6 is 0 Å². The molecule has 0 amide bonds. The van der Waals surface area contributed by atoms with Crippen molar-refractivity contribution in [2.45, 2.75) is 18.5 Å². The molecule has 0 spiro atoms. The first-order valence-electron chi connectivity index (χ1n) is 5.66. The Hall–Kier alpha value is -1.93. The highest BCUT2D eigenvalue weighted by Crippen LogP contribution is 2.18. The Morgan fingerprint density at radius 1 is 1.42 bits per heavy atom. The molecule has 8 heteroatoms. The third-order valence-electron chi connectivity index (χ3n) is 2.57. The van der Waals surface area contributed by atoms with Gasteiger partial charge in [0.2, 0.25) is 0 Å². The molecule has 3 N–H and O–H groups in total. The van der Waals surface area contributed by atoms with Gasteiger partial charge in [0.05, 0.1) is 17.6 Å². The molecule has 0 radical (unpaired) electrons. The lowest BCUT2D eigenvalue weighted by Gasteiger charge is -2.09. The van der Waals surface area contributed by atoms with E-state index >= 15 is 0 Å². The molecule has 2 rings (SSSR count). The average Bonchev–Trinajstić information content (AvgIpc) is 2.81. The van der Waals surface area contributed by atoms with Gasteiger partial charge >= 0.3 is 0 Å². The number of nitrogens with one attached hydrogen (secondary N) is 3. The van der Waals surface area contributed by atoms with Crippen LogP contribution < -0.4 is 10.0 Å². The van der Waals surface area contributed by atoms with Gasteiger partial charge in [-0.2, -0.15) is 13.5 Å². The number of aryl methyl sites for hydroxylation is 1. The van der Waals surface area contributed by atoms with Crippen molar-refractivity contribution in [3.05, 3.63) is 35.8 Å². The monoisotopic (exact) mass is 281 g/mol. The number of nitrogens with zero attached hydrogens (tertiary/aromatic N) is 2. The van der Waals surface area contributed by atoms with E-state index in [-0.39, 0.29) is 5.03 Å². The van der Waals surface area contributed by atoms with Crippen LogP contribution in [-0.2, 0) is 16.6 Å². The molecule has 2 aromatic heterocycles. The Labute approximate surface area is 111 Å². The lowest BCUT2D eigenvalue weighted by atomic mass is 10.3. The molecule has 0 aliphatic carbocycles. The van der Waals surface area contributed by atoms with Gasteiger partial charge in [-0.3, -0.25) is 14.8 Å². The Bertz CT molecular complexity index is 665. The minimum Gasteiger partial charge on any atom is -0.316 e. The van der Waals surface area contributed by atoms with Gasteiger partial charge in [-0.05, 0) is 26.1 Å². The van der Waals surface area contributed by atoms with Gasteiger partial charge in [-0.15, -0.1) is 0 Å². The van der Waals surface area contributed by atoms with Crippen molar-refractivity contribution in [2.24, 2.45) is 0 Å². The number of pyridine rings is 1. The minimum atomic E-state index is -3.69. The molecular weight excluding hydrogens is 266 g/mol. The Kier molecular flexibility index (Phi) is 3.82. The molecule has 102 valence electrons. The maximum atomic E-state index is 12.3. The molecule has 0 bridgehead atoms. The number of sulfonamides is 1. The van der Waals surface area contributed by atoms with Crippen molar-refractivity contribution in [1.82, 2.24) is 20.5 Å². The molecule has 7 nitrogen and oxygen atoms in total. The summed E-state index contributed by atoms with van der Waals surface area (Å²) in [6, 6.07) is 3.33. The van der Waals surface area contributed by atoms with E-state index in [9.17, 15) is 8.42 Å². The fraction of sp³-hybridized carbons (Fsp3) is 0.273. The van der Waals surface area contributed by atoms with Crippen molar-refractivity contribution in [3.8, 4) is 0 Å². The summed E-state index contributed by atoms with van der Waals surface area (Å²) in [5.74, 6) is 0. The third kappa shape index (κ3) is 2.91. The van der Waals surface area contributed by atoms with E-state index in [1.165, 1.54) is 6.20 Å². The number of anilines is 1. The fourth-order valence-electron chi connectivity index (χ4n) is 1.64. The van der Waals surface area contributed by atoms with Crippen molar-refractivity contribution in [1.29, 1.82) is 0 Å². The smallest absolute Gasteiger partial charge is 0.279 e. The number of hydrogen-bond acceptors (Lipinski definition) is 5.